The molecule has 3 N–H and O–H groups in total. The van der Waals surface area contributed by atoms with Crippen LogP contribution in [0.5, 0.6) is 11.5 Å². The molecule has 0 radical (unpaired) electrons. The molecule has 6 heteroatoms. The number of nitrogens with zero attached hydrogens (tertiary/aromatic N) is 1. The first kappa shape index (κ1) is 17.8. The van der Waals surface area contributed by atoms with Crippen LogP contribution in [0.3, 0.4) is 0 Å². The van der Waals surface area contributed by atoms with Crippen molar-refractivity contribution in [3.63, 3.8) is 0 Å². The van der Waals surface area contributed by atoms with Crippen molar-refractivity contribution < 1.29 is 25.0 Å². The van der Waals surface area contributed by atoms with Crippen LogP contribution >= 0.6 is 0 Å². The fraction of sp³-hybridized carbons (Fsp3) is 0.444. The van der Waals surface area contributed by atoms with Gasteiger partial charge in [0.25, 0.3) is 0 Å². The van der Waals surface area contributed by atoms with Gasteiger partial charge in [0.05, 0.1) is 11.8 Å². The summed E-state index contributed by atoms with van der Waals surface area (Å²) in [6, 6.07) is 2.55. The summed E-state index contributed by atoms with van der Waals surface area (Å²) in [4.78, 5) is 12.4. The summed E-state index contributed by atoms with van der Waals surface area (Å²) in [5, 5.41) is 32.0. The zero-order chi connectivity index (χ0) is 17.5. The van der Waals surface area contributed by atoms with Crippen LogP contribution in [-0.4, -0.2) is 33.2 Å². The van der Waals surface area contributed by atoms with Crippen molar-refractivity contribution in [1.29, 1.82) is 0 Å². The Morgan fingerprint density at radius 2 is 1.96 bits per heavy atom. The topological polar surface area (TPSA) is 99.4 Å². The van der Waals surface area contributed by atoms with Crippen LogP contribution in [0, 0.1) is 0 Å². The van der Waals surface area contributed by atoms with Gasteiger partial charge in [0.2, 0.25) is 0 Å². The number of carbonyl (C=O) groups excluding carboxylic acids is 1. The van der Waals surface area contributed by atoms with Crippen molar-refractivity contribution in [3.05, 3.63) is 29.3 Å². The molecule has 1 heterocycles. The standard InChI is InChI=1S/C18H23NO5/c1-12-6-5-9-14(19-23)8-4-2-3-7-13-10-15(20)11-16(21)17(13)18(22)24-12/h3,7,10-12,20-21,23H,2,4-6,8-9H2,1H3. The highest BCUT2D eigenvalue weighted by Crippen LogP contribution is 2.30. The Morgan fingerprint density at radius 1 is 1.21 bits per heavy atom. The van der Waals surface area contributed by atoms with Gasteiger partial charge in [-0.25, -0.2) is 4.79 Å². The summed E-state index contributed by atoms with van der Waals surface area (Å²) in [5.74, 6) is -1.03. The lowest BCUT2D eigenvalue weighted by atomic mass is 10.0. The Labute approximate surface area is 141 Å². The van der Waals surface area contributed by atoms with E-state index in [1.807, 2.05) is 6.08 Å². The summed E-state index contributed by atoms with van der Waals surface area (Å²) in [5.41, 5.74) is 1.22. The Balaban J connectivity index is 2.31. The molecule has 0 amide bonds. The molecule has 0 aliphatic carbocycles. The third-order valence-corrected chi connectivity index (χ3v) is 4.00. The lowest BCUT2D eigenvalue weighted by Gasteiger charge is -2.16. The molecule has 0 spiro atoms. The van der Waals surface area contributed by atoms with E-state index in [2.05, 4.69) is 5.16 Å². The minimum Gasteiger partial charge on any atom is -0.508 e. The molecule has 1 aliphatic rings. The molecule has 0 bridgehead atoms. The molecule has 6 nitrogen and oxygen atoms in total. The molecule has 1 aliphatic heterocycles. The molecule has 1 atom stereocenters. The van der Waals surface area contributed by atoms with Gasteiger partial charge in [-0.3, -0.25) is 0 Å². The van der Waals surface area contributed by atoms with Gasteiger partial charge in [-0.1, -0.05) is 17.3 Å². The number of fused-ring (bicyclic) bond motifs is 1. The Bertz CT molecular complexity index is 651. The Hall–Kier alpha value is -2.50. The van der Waals surface area contributed by atoms with Crippen molar-refractivity contribution in [3.8, 4) is 11.5 Å². The van der Waals surface area contributed by atoms with Crippen molar-refractivity contribution in [1.82, 2.24) is 0 Å². The van der Waals surface area contributed by atoms with Gasteiger partial charge in [-0.05, 0) is 57.1 Å². The molecule has 0 saturated heterocycles. The number of ether oxygens (including phenoxy) is 1. The first-order valence-electron chi connectivity index (χ1n) is 8.14. The van der Waals surface area contributed by atoms with E-state index in [9.17, 15) is 15.0 Å². The Kier molecular flexibility index (Phi) is 6.23. The average Bonchev–Trinajstić information content (AvgIpc) is 2.51. The van der Waals surface area contributed by atoms with Crippen LogP contribution in [0.25, 0.3) is 6.08 Å². The molecule has 0 aromatic heterocycles. The quantitative estimate of drug-likeness (QED) is 0.380. The maximum Gasteiger partial charge on any atom is 0.342 e. The van der Waals surface area contributed by atoms with Gasteiger partial charge >= 0.3 is 5.97 Å². The second-order valence-corrected chi connectivity index (χ2v) is 6.00. The first-order valence-corrected chi connectivity index (χ1v) is 8.14. The summed E-state index contributed by atoms with van der Waals surface area (Å²) in [6.45, 7) is 1.78. The number of allylic oxidation sites excluding steroid dienone is 1. The number of benzene rings is 1. The van der Waals surface area contributed by atoms with Crippen LogP contribution in [0.4, 0.5) is 0 Å². The molecule has 0 fully saturated rings. The van der Waals surface area contributed by atoms with E-state index in [-0.39, 0.29) is 23.2 Å². The fourth-order valence-corrected chi connectivity index (χ4v) is 2.74. The van der Waals surface area contributed by atoms with Gasteiger partial charge in [-0.2, -0.15) is 0 Å². The van der Waals surface area contributed by atoms with E-state index < -0.39 is 5.97 Å². The number of phenolic OH excluding ortho intramolecular Hbond substituents is 2. The predicted molar refractivity (Wildman–Crippen MR) is 90.6 cm³/mol. The highest BCUT2D eigenvalue weighted by molar-refractivity contribution is 5.97. The van der Waals surface area contributed by atoms with Gasteiger partial charge in [0.15, 0.2) is 0 Å². The van der Waals surface area contributed by atoms with Crippen LogP contribution in [0.1, 0.15) is 61.4 Å². The number of cyclic esters (lactones) is 1. The number of phenols is 2. The van der Waals surface area contributed by atoms with E-state index in [0.29, 0.717) is 24.8 Å². The van der Waals surface area contributed by atoms with Crippen molar-refractivity contribution in [2.75, 3.05) is 0 Å². The van der Waals surface area contributed by atoms with Crippen molar-refractivity contribution in [2.45, 2.75) is 51.6 Å². The minimum atomic E-state index is -0.618. The first-order chi connectivity index (χ1) is 11.5. The molecule has 130 valence electrons. The Morgan fingerprint density at radius 3 is 2.71 bits per heavy atom. The molecule has 1 aromatic carbocycles. The van der Waals surface area contributed by atoms with E-state index in [1.54, 1.807) is 13.0 Å². The highest BCUT2D eigenvalue weighted by atomic mass is 16.5. The fourth-order valence-electron chi connectivity index (χ4n) is 2.74. The van der Waals surface area contributed by atoms with Crippen molar-refractivity contribution in [2.24, 2.45) is 5.16 Å². The van der Waals surface area contributed by atoms with Crippen LogP contribution in [0.2, 0.25) is 0 Å². The van der Waals surface area contributed by atoms with Gasteiger partial charge in [0, 0.05) is 6.07 Å². The maximum absolute atomic E-state index is 12.4. The molecule has 0 saturated carbocycles. The summed E-state index contributed by atoms with van der Waals surface area (Å²) in [6.07, 6.45) is 7.50. The van der Waals surface area contributed by atoms with E-state index in [4.69, 9.17) is 9.94 Å². The second-order valence-electron chi connectivity index (χ2n) is 6.00. The number of esters is 1. The summed E-state index contributed by atoms with van der Waals surface area (Å²) < 4.78 is 5.39. The number of rotatable bonds is 0. The molecule has 1 unspecified atom stereocenters. The van der Waals surface area contributed by atoms with Gasteiger partial charge in [-0.15, -0.1) is 0 Å². The number of aromatic hydroxyl groups is 2. The lowest BCUT2D eigenvalue weighted by Crippen LogP contribution is -2.16. The third kappa shape index (κ3) is 4.75. The minimum absolute atomic E-state index is 0.0607. The molecule has 24 heavy (non-hydrogen) atoms. The van der Waals surface area contributed by atoms with E-state index in [1.165, 1.54) is 6.07 Å². The normalized spacial score (nSPS) is 21.8. The molecule has 2 rings (SSSR count). The predicted octanol–water partition coefficient (Wildman–Crippen LogP) is 3.84. The molecule has 1 aromatic rings. The van der Waals surface area contributed by atoms with Crippen molar-refractivity contribution >= 4 is 17.8 Å². The summed E-state index contributed by atoms with van der Waals surface area (Å²) in [7, 11) is 0. The summed E-state index contributed by atoms with van der Waals surface area (Å²) >= 11 is 0. The monoisotopic (exact) mass is 333 g/mol. The lowest BCUT2D eigenvalue weighted by molar-refractivity contribution is 0.0318. The van der Waals surface area contributed by atoms with Crippen LogP contribution in [-0.2, 0) is 4.74 Å². The number of oxime groups is 1. The van der Waals surface area contributed by atoms with Gasteiger partial charge in [0.1, 0.15) is 17.1 Å². The average molecular weight is 333 g/mol. The third-order valence-electron chi connectivity index (χ3n) is 4.00. The SMILES string of the molecule is CC1CCCC(=NO)CCCC=Cc2cc(O)cc(O)c2C(=O)O1. The van der Waals surface area contributed by atoms with E-state index >= 15 is 0 Å². The molecular formula is C18H23NO5. The largest absolute Gasteiger partial charge is 0.508 e. The maximum atomic E-state index is 12.4. The molecular weight excluding hydrogens is 310 g/mol. The van der Waals surface area contributed by atoms with Crippen LogP contribution < -0.4 is 0 Å². The zero-order valence-electron chi connectivity index (χ0n) is 13.7. The van der Waals surface area contributed by atoms with E-state index in [0.717, 1.165) is 31.0 Å². The highest BCUT2D eigenvalue weighted by Gasteiger charge is 2.20. The number of carbonyl (C=O) groups is 1. The number of hydrogen-bond donors (Lipinski definition) is 3. The van der Waals surface area contributed by atoms with Crippen LogP contribution in [0.15, 0.2) is 23.4 Å². The number of hydrogen-bond acceptors (Lipinski definition) is 6. The smallest absolute Gasteiger partial charge is 0.342 e. The van der Waals surface area contributed by atoms with Gasteiger partial charge < -0.3 is 20.2 Å². The zero-order valence-corrected chi connectivity index (χ0v) is 13.7. The second kappa shape index (κ2) is 8.38.